The molecule has 1 aliphatic carbocycles. The number of hydrogen-bond acceptors (Lipinski definition) is 2. The van der Waals surface area contributed by atoms with Crippen molar-refractivity contribution in [3.63, 3.8) is 0 Å². The monoisotopic (exact) mass is 169 g/mol. The molecule has 0 bridgehead atoms. The van der Waals surface area contributed by atoms with Crippen LogP contribution >= 0.6 is 0 Å². The van der Waals surface area contributed by atoms with Gasteiger partial charge in [-0.25, -0.2) is 0 Å². The smallest absolute Gasteiger partial charge is 0.0598 e. The molecule has 70 valence electrons. The Bertz CT molecular complexity index is 156. The number of methoxy groups -OCH3 is 1. The van der Waals surface area contributed by atoms with E-state index in [-0.39, 0.29) is 0 Å². The molecule has 0 radical (unpaired) electrons. The van der Waals surface area contributed by atoms with E-state index in [9.17, 15) is 0 Å². The van der Waals surface area contributed by atoms with Crippen LogP contribution in [0.3, 0.4) is 0 Å². The molecular weight excluding hydrogens is 150 g/mol. The Morgan fingerprint density at radius 2 is 2.00 bits per heavy atom. The van der Waals surface area contributed by atoms with E-state index in [4.69, 9.17) is 4.74 Å². The summed E-state index contributed by atoms with van der Waals surface area (Å²) in [5, 5.41) is 0. The zero-order valence-corrected chi connectivity index (χ0v) is 8.12. The molecule has 1 aliphatic heterocycles. The zero-order chi connectivity index (χ0) is 8.55. The molecule has 2 rings (SSSR count). The van der Waals surface area contributed by atoms with Crippen LogP contribution in [0.15, 0.2) is 0 Å². The summed E-state index contributed by atoms with van der Waals surface area (Å²) in [6.07, 6.45) is 5.91. The summed E-state index contributed by atoms with van der Waals surface area (Å²) in [5.41, 5.74) is 0. The summed E-state index contributed by atoms with van der Waals surface area (Å²) in [5.74, 6) is 0.993. The fourth-order valence-electron chi connectivity index (χ4n) is 2.33. The van der Waals surface area contributed by atoms with Gasteiger partial charge in [0, 0.05) is 19.7 Å². The standard InChI is InChI=1S/C10H19NO/c1-11-6-5-9(12-2)7-10(11)8-3-4-8/h8-10H,3-7H2,1-2H3/t9-,10-/m0/s1. The summed E-state index contributed by atoms with van der Waals surface area (Å²) in [6, 6.07) is 0.823. The Morgan fingerprint density at radius 1 is 1.25 bits per heavy atom. The van der Waals surface area contributed by atoms with Crippen LogP contribution in [0.4, 0.5) is 0 Å². The second-order valence-electron chi connectivity index (χ2n) is 4.27. The Labute approximate surface area is 74.9 Å². The van der Waals surface area contributed by atoms with Crippen LogP contribution in [0.5, 0.6) is 0 Å². The van der Waals surface area contributed by atoms with Gasteiger partial charge in [0.15, 0.2) is 0 Å². The maximum Gasteiger partial charge on any atom is 0.0598 e. The lowest BCUT2D eigenvalue weighted by Crippen LogP contribution is -2.43. The van der Waals surface area contributed by atoms with E-state index in [0.717, 1.165) is 12.0 Å². The van der Waals surface area contributed by atoms with Crippen molar-refractivity contribution >= 4 is 0 Å². The van der Waals surface area contributed by atoms with Crippen molar-refractivity contribution in [1.29, 1.82) is 0 Å². The topological polar surface area (TPSA) is 12.5 Å². The summed E-state index contributed by atoms with van der Waals surface area (Å²) in [7, 11) is 4.11. The van der Waals surface area contributed by atoms with E-state index in [1.165, 1.54) is 32.2 Å². The first-order valence-corrected chi connectivity index (χ1v) is 5.04. The number of nitrogens with zero attached hydrogens (tertiary/aromatic N) is 1. The molecule has 2 nitrogen and oxygen atoms in total. The van der Waals surface area contributed by atoms with Gasteiger partial charge in [-0.2, -0.15) is 0 Å². The number of piperidine rings is 1. The fourth-order valence-corrected chi connectivity index (χ4v) is 2.33. The fraction of sp³-hybridized carbons (Fsp3) is 1.00. The van der Waals surface area contributed by atoms with E-state index < -0.39 is 0 Å². The predicted molar refractivity (Wildman–Crippen MR) is 49.2 cm³/mol. The van der Waals surface area contributed by atoms with Crippen LogP contribution in [0, 0.1) is 5.92 Å². The second kappa shape index (κ2) is 3.35. The highest BCUT2D eigenvalue weighted by atomic mass is 16.5. The minimum atomic E-state index is 0.534. The first-order valence-electron chi connectivity index (χ1n) is 5.04. The zero-order valence-electron chi connectivity index (χ0n) is 8.12. The van der Waals surface area contributed by atoms with Crippen molar-refractivity contribution < 1.29 is 4.74 Å². The average molecular weight is 169 g/mol. The van der Waals surface area contributed by atoms with Crippen molar-refractivity contribution in [2.24, 2.45) is 5.92 Å². The molecule has 0 unspecified atom stereocenters. The predicted octanol–water partition coefficient (Wildman–Crippen LogP) is 1.51. The summed E-state index contributed by atoms with van der Waals surface area (Å²) >= 11 is 0. The van der Waals surface area contributed by atoms with Gasteiger partial charge in [0.25, 0.3) is 0 Å². The minimum absolute atomic E-state index is 0.534. The molecule has 0 spiro atoms. The molecular formula is C10H19NO. The lowest BCUT2D eigenvalue weighted by Gasteiger charge is -2.36. The van der Waals surface area contributed by atoms with Gasteiger partial charge >= 0.3 is 0 Å². The highest BCUT2D eigenvalue weighted by Crippen LogP contribution is 2.39. The van der Waals surface area contributed by atoms with Crippen LogP contribution in [0.1, 0.15) is 25.7 Å². The Hall–Kier alpha value is -0.0800. The molecule has 2 heteroatoms. The summed E-state index contributed by atoms with van der Waals surface area (Å²) < 4.78 is 5.42. The van der Waals surface area contributed by atoms with Gasteiger partial charge in [-0.3, -0.25) is 0 Å². The van der Waals surface area contributed by atoms with Crippen LogP contribution < -0.4 is 0 Å². The maximum absolute atomic E-state index is 5.42. The normalized spacial score (nSPS) is 38.5. The highest BCUT2D eigenvalue weighted by Gasteiger charge is 2.37. The average Bonchev–Trinajstić information content (AvgIpc) is 2.88. The maximum atomic E-state index is 5.42. The minimum Gasteiger partial charge on any atom is -0.381 e. The van der Waals surface area contributed by atoms with Crippen molar-refractivity contribution in [2.75, 3.05) is 20.7 Å². The SMILES string of the molecule is CO[C@H]1CCN(C)[C@H](C2CC2)C1. The second-order valence-corrected chi connectivity index (χ2v) is 4.27. The van der Waals surface area contributed by atoms with Gasteiger partial charge in [-0.15, -0.1) is 0 Å². The van der Waals surface area contributed by atoms with Crippen molar-refractivity contribution in [1.82, 2.24) is 4.90 Å². The van der Waals surface area contributed by atoms with Gasteiger partial charge < -0.3 is 9.64 Å². The summed E-state index contributed by atoms with van der Waals surface area (Å²) in [4.78, 5) is 2.52. The molecule has 2 atom stereocenters. The Kier molecular flexibility index (Phi) is 2.37. The van der Waals surface area contributed by atoms with Crippen LogP contribution in [0.2, 0.25) is 0 Å². The van der Waals surface area contributed by atoms with Crippen molar-refractivity contribution in [3.05, 3.63) is 0 Å². The highest BCUT2D eigenvalue weighted by molar-refractivity contribution is 4.91. The largest absolute Gasteiger partial charge is 0.381 e. The van der Waals surface area contributed by atoms with E-state index in [0.29, 0.717) is 6.10 Å². The molecule has 0 amide bonds. The van der Waals surface area contributed by atoms with E-state index in [1.54, 1.807) is 0 Å². The molecule has 2 aliphatic rings. The van der Waals surface area contributed by atoms with Crippen LogP contribution in [-0.4, -0.2) is 37.7 Å². The molecule has 0 aromatic carbocycles. The van der Waals surface area contributed by atoms with Gasteiger partial charge in [0.1, 0.15) is 0 Å². The first kappa shape index (κ1) is 8.52. The van der Waals surface area contributed by atoms with Gasteiger partial charge in [0.05, 0.1) is 6.10 Å². The number of hydrogen-bond donors (Lipinski definition) is 0. The molecule has 0 aromatic rings. The van der Waals surface area contributed by atoms with Gasteiger partial charge in [-0.1, -0.05) is 0 Å². The van der Waals surface area contributed by atoms with Gasteiger partial charge in [0.2, 0.25) is 0 Å². The third-order valence-electron chi connectivity index (χ3n) is 3.37. The van der Waals surface area contributed by atoms with Crippen molar-refractivity contribution in [3.8, 4) is 0 Å². The number of ether oxygens (including phenoxy) is 1. The molecule has 12 heavy (non-hydrogen) atoms. The first-order chi connectivity index (χ1) is 5.81. The number of likely N-dealkylation sites (tertiary alicyclic amines) is 1. The van der Waals surface area contributed by atoms with Crippen LogP contribution in [0.25, 0.3) is 0 Å². The van der Waals surface area contributed by atoms with E-state index in [2.05, 4.69) is 11.9 Å². The molecule has 0 aromatic heterocycles. The van der Waals surface area contributed by atoms with E-state index in [1.807, 2.05) is 7.11 Å². The lowest BCUT2D eigenvalue weighted by molar-refractivity contribution is 0.0147. The van der Waals surface area contributed by atoms with E-state index >= 15 is 0 Å². The third-order valence-corrected chi connectivity index (χ3v) is 3.37. The van der Waals surface area contributed by atoms with Crippen LogP contribution in [-0.2, 0) is 4.74 Å². The Balaban J connectivity index is 1.90. The Morgan fingerprint density at radius 3 is 2.58 bits per heavy atom. The molecule has 1 saturated carbocycles. The summed E-state index contributed by atoms with van der Waals surface area (Å²) in [6.45, 7) is 1.22. The molecule has 1 heterocycles. The van der Waals surface area contributed by atoms with Gasteiger partial charge in [-0.05, 0) is 38.6 Å². The molecule has 1 saturated heterocycles. The lowest BCUT2D eigenvalue weighted by atomic mass is 9.96. The number of rotatable bonds is 2. The quantitative estimate of drug-likeness (QED) is 0.621. The third kappa shape index (κ3) is 1.64. The molecule has 2 fully saturated rings. The molecule has 0 N–H and O–H groups in total. The van der Waals surface area contributed by atoms with Crippen molar-refractivity contribution in [2.45, 2.75) is 37.8 Å².